The molecular weight excluding hydrogens is 360 g/mol. The maximum Gasteiger partial charge on any atom is 0.166 e. The van der Waals surface area contributed by atoms with E-state index in [2.05, 4.69) is 4.98 Å². The molecule has 1 aliphatic carbocycles. The molecule has 0 aliphatic heterocycles. The number of ether oxygens (including phenoxy) is 2. The van der Waals surface area contributed by atoms with Crippen molar-refractivity contribution in [2.45, 2.75) is 16.8 Å². The van der Waals surface area contributed by atoms with Crippen LogP contribution in [0.3, 0.4) is 0 Å². The molecule has 0 amide bonds. The van der Waals surface area contributed by atoms with Crippen LogP contribution in [0.1, 0.15) is 6.42 Å². The van der Waals surface area contributed by atoms with E-state index in [4.69, 9.17) is 14.5 Å². The van der Waals surface area contributed by atoms with E-state index in [-0.39, 0.29) is 6.61 Å². The van der Waals surface area contributed by atoms with Crippen molar-refractivity contribution >= 4 is 11.8 Å². The summed E-state index contributed by atoms with van der Waals surface area (Å²) < 4.78 is 10.5. The minimum atomic E-state index is 0.245. The van der Waals surface area contributed by atoms with E-state index in [9.17, 15) is 5.11 Å². The number of nitrogens with one attached hydrogen (secondary N) is 1. The van der Waals surface area contributed by atoms with Crippen LogP contribution < -0.4 is 9.47 Å². The van der Waals surface area contributed by atoms with Crippen LogP contribution in [-0.2, 0) is 0 Å². The number of H-pyrrole nitrogens is 1. The quantitative estimate of drug-likeness (QED) is 0.640. The van der Waals surface area contributed by atoms with Crippen molar-refractivity contribution < 1.29 is 14.6 Å². The number of aromatic nitrogens is 2. The number of hydrogen-bond acceptors (Lipinski definition) is 5. The standard InChI is InChI=1S/C21H22N2O3S/c1-25-16-7-3-13(4-8-16)19-20(14-5-9-17(26-2)10-6-14)23-21(22-19)27-18-11-15(18)12-24/h3-10,15,18,24H,11-12H2,1-2H3,(H,22,23). The Bertz CT molecular complexity index is 841. The van der Waals surface area contributed by atoms with Crippen LogP contribution >= 0.6 is 11.8 Å². The number of imidazole rings is 1. The van der Waals surface area contributed by atoms with E-state index in [1.807, 2.05) is 48.5 Å². The Morgan fingerprint density at radius 3 is 2.11 bits per heavy atom. The molecule has 2 N–H and O–H groups in total. The third-order valence-electron chi connectivity index (χ3n) is 4.78. The molecule has 0 bridgehead atoms. The molecule has 2 atom stereocenters. The van der Waals surface area contributed by atoms with E-state index >= 15 is 0 Å². The van der Waals surface area contributed by atoms with Gasteiger partial charge in [0.05, 0.1) is 25.6 Å². The smallest absolute Gasteiger partial charge is 0.166 e. The molecule has 1 aliphatic rings. The molecule has 1 heterocycles. The molecule has 3 aromatic rings. The number of hydrogen-bond donors (Lipinski definition) is 2. The van der Waals surface area contributed by atoms with Crippen molar-refractivity contribution in [3.63, 3.8) is 0 Å². The van der Waals surface area contributed by atoms with Crippen molar-refractivity contribution in [2.24, 2.45) is 5.92 Å². The maximum absolute atomic E-state index is 9.30. The Labute approximate surface area is 162 Å². The number of aliphatic hydroxyl groups excluding tert-OH is 1. The fraction of sp³-hybridized carbons (Fsp3) is 0.286. The van der Waals surface area contributed by atoms with E-state index < -0.39 is 0 Å². The molecule has 2 unspecified atom stereocenters. The lowest BCUT2D eigenvalue weighted by molar-refractivity contribution is 0.277. The fourth-order valence-corrected chi connectivity index (χ4v) is 4.25. The largest absolute Gasteiger partial charge is 0.497 e. The Balaban J connectivity index is 1.70. The summed E-state index contributed by atoms with van der Waals surface area (Å²) in [6.07, 6.45) is 1.04. The van der Waals surface area contributed by atoms with E-state index in [0.717, 1.165) is 45.6 Å². The summed E-state index contributed by atoms with van der Waals surface area (Å²) in [4.78, 5) is 8.33. The van der Waals surface area contributed by atoms with Crippen molar-refractivity contribution in [1.82, 2.24) is 9.97 Å². The van der Waals surface area contributed by atoms with Gasteiger partial charge in [0.15, 0.2) is 5.16 Å². The Kier molecular flexibility index (Phi) is 5.09. The van der Waals surface area contributed by atoms with Gasteiger partial charge in [0.2, 0.25) is 0 Å². The van der Waals surface area contributed by atoms with Crippen LogP contribution in [0, 0.1) is 5.92 Å². The number of aliphatic hydroxyl groups is 1. The van der Waals surface area contributed by atoms with Crippen LogP contribution in [-0.4, -0.2) is 41.2 Å². The molecule has 140 valence electrons. The van der Waals surface area contributed by atoms with Crippen molar-refractivity contribution in [1.29, 1.82) is 0 Å². The van der Waals surface area contributed by atoms with Crippen molar-refractivity contribution in [3.05, 3.63) is 48.5 Å². The van der Waals surface area contributed by atoms with E-state index in [0.29, 0.717) is 11.2 Å². The molecular formula is C21H22N2O3S. The number of aromatic amines is 1. The highest BCUT2D eigenvalue weighted by molar-refractivity contribution is 8.00. The monoisotopic (exact) mass is 382 g/mol. The van der Waals surface area contributed by atoms with Crippen LogP contribution in [0.4, 0.5) is 0 Å². The first-order valence-corrected chi connectivity index (χ1v) is 9.76. The average Bonchev–Trinajstić information content (AvgIpc) is 3.35. The van der Waals surface area contributed by atoms with Crippen LogP contribution in [0.5, 0.6) is 11.5 Å². The number of rotatable bonds is 7. The van der Waals surface area contributed by atoms with Gasteiger partial charge in [0.1, 0.15) is 11.5 Å². The van der Waals surface area contributed by atoms with Gasteiger partial charge in [0, 0.05) is 23.0 Å². The summed E-state index contributed by atoms with van der Waals surface area (Å²) in [6.45, 7) is 0.245. The van der Waals surface area contributed by atoms with Gasteiger partial charge in [0.25, 0.3) is 0 Å². The zero-order chi connectivity index (χ0) is 18.8. The molecule has 27 heavy (non-hydrogen) atoms. The molecule has 6 heteroatoms. The number of thioether (sulfide) groups is 1. The highest BCUT2D eigenvalue weighted by Gasteiger charge is 2.38. The van der Waals surface area contributed by atoms with Crippen LogP contribution in [0.2, 0.25) is 0 Å². The molecule has 0 spiro atoms. The van der Waals surface area contributed by atoms with E-state index in [1.165, 1.54) is 0 Å². The molecule has 5 nitrogen and oxygen atoms in total. The van der Waals surface area contributed by atoms with Gasteiger partial charge < -0.3 is 19.6 Å². The second-order valence-electron chi connectivity index (χ2n) is 6.56. The van der Waals surface area contributed by atoms with Gasteiger partial charge in [-0.2, -0.15) is 0 Å². The van der Waals surface area contributed by atoms with Gasteiger partial charge >= 0.3 is 0 Å². The maximum atomic E-state index is 9.30. The van der Waals surface area contributed by atoms with Gasteiger partial charge in [-0.25, -0.2) is 4.98 Å². The summed E-state index contributed by atoms with van der Waals surface area (Å²) in [7, 11) is 3.32. The first-order chi connectivity index (χ1) is 13.2. The minimum Gasteiger partial charge on any atom is -0.497 e. The summed E-state index contributed by atoms with van der Waals surface area (Å²) in [5.41, 5.74) is 3.97. The topological polar surface area (TPSA) is 67.4 Å². The summed E-state index contributed by atoms with van der Waals surface area (Å²) in [6, 6.07) is 15.9. The summed E-state index contributed by atoms with van der Waals surface area (Å²) in [5.74, 6) is 2.02. The zero-order valence-electron chi connectivity index (χ0n) is 15.3. The van der Waals surface area contributed by atoms with Gasteiger partial charge in [-0.05, 0) is 60.9 Å². The minimum absolute atomic E-state index is 0.245. The summed E-state index contributed by atoms with van der Waals surface area (Å²) in [5, 5.41) is 10.6. The van der Waals surface area contributed by atoms with Gasteiger partial charge in [-0.3, -0.25) is 0 Å². The number of methoxy groups -OCH3 is 2. The molecule has 1 fully saturated rings. The number of benzene rings is 2. The zero-order valence-corrected chi connectivity index (χ0v) is 16.1. The molecule has 2 aromatic carbocycles. The van der Waals surface area contributed by atoms with Crippen LogP contribution in [0.25, 0.3) is 22.5 Å². The van der Waals surface area contributed by atoms with Gasteiger partial charge in [-0.15, -0.1) is 0 Å². The number of nitrogens with zero attached hydrogens (tertiary/aromatic N) is 1. The fourth-order valence-electron chi connectivity index (χ4n) is 3.03. The highest BCUT2D eigenvalue weighted by atomic mass is 32.2. The van der Waals surface area contributed by atoms with Crippen molar-refractivity contribution in [2.75, 3.05) is 20.8 Å². The van der Waals surface area contributed by atoms with Gasteiger partial charge in [-0.1, -0.05) is 11.8 Å². The average molecular weight is 382 g/mol. The molecule has 4 rings (SSSR count). The first-order valence-electron chi connectivity index (χ1n) is 8.88. The summed E-state index contributed by atoms with van der Waals surface area (Å²) >= 11 is 1.71. The Morgan fingerprint density at radius 1 is 1.00 bits per heavy atom. The van der Waals surface area contributed by atoms with E-state index in [1.54, 1.807) is 26.0 Å². The lowest BCUT2D eigenvalue weighted by Crippen LogP contribution is -1.89. The molecule has 1 saturated carbocycles. The second kappa shape index (κ2) is 7.66. The molecule has 1 aromatic heterocycles. The first kappa shape index (κ1) is 17.9. The Morgan fingerprint density at radius 2 is 1.59 bits per heavy atom. The predicted octanol–water partition coefficient (Wildman–Crippen LogP) is 4.23. The lowest BCUT2D eigenvalue weighted by Gasteiger charge is -2.06. The normalized spacial score (nSPS) is 18.3. The van der Waals surface area contributed by atoms with Crippen molar-refractivity contribution in [3.8, 4) is 34.0 Å². The predicted molar refractivity (Wildman–Crippen MR) is 107 cm³/mol. The van der Waals surface area contributed by atoms with Crippen LogP contribution in [0.15, 0.2) is 53.7 Å². The lowest BCUT2D eigenvalue weighted by atomic mass is 10.0. The molecule has 0 saturated heterocycles. The molecule has 0 radical (unpaired) electrons. The third kappa shape index (κ3) is 3.82. The SMILES string of the molecule is COc1ccc(-c2nc(SC3CC3CO)[nH]c2-c2ccc(OC)cc2)cc1. The Hall–Kier alpha value is -2.44. The third-order valence-corrected chi connectivity index (χ3v) is 6.08. The highest BCUT2D eigenvalue weighted by Crippen LogP contribution is 2.45. The second-order valence-corrected chi connectivity index (χ2v) is 7.79.